The van der Waals surface area contributed by atoms with E-state index in [-0.39, 0.29) is 0 Å². The van der Waals surface area contributed by atoms with Crippen LogP contribution in [0.1, 0.15) is 16.7 Å². The van der Waals surface area contributed by atoms with Crippen LogP contribution < -0.4 is 5.32 Å². The Balaban J connectivity index is 1.96. The molecule has 0 aliphatic heterocycles. The highest BCUT2D eigenvalue weighted by molar-refractivity contribution is 5.97. The Bertz CT molecular complexity index is 618. The van der Waals surface area contributed by atoms with Gasteiger partial charge < -0.3 is 5.32 Å². The first-order chi connectivity index (χ1) is 8.86. The molecule has 3 rings (SSSR count). The van der Waals surface area contributed by atoms with Crippen LogP contribution in [0, 0.1) is 0 Å². The smallest absolute Gasteiger partial charge is 0.0337 e. The van der Waals surface area contributed by atoms with Gasteiger partial charge in [0, 0.05) is 12.7 Å². The number of fused-ring (bicyclic) bond motifs is 1. The molecule has 0 saturated heterocycles. The molecule has 1 N–H and O–H groups in total. The second-order valence-electron chi connectivity index (χ2n) is 4.39. The van der Waals surface area contributed by atoms with E-state index < -0.39 is 0 Å². The number of hydrogen-bond acceptors (Lipinski definition) is 1. The molecule has 0 fully saturated rings. The van der Waals surface area contributed by atoms with Gasteiger partial charge in [-0.05, 0) is 40.5 Å². The van der Waals surface area contributed by atoms with E-state index in [2.05, 4.69) is 72.1 Å². The minimum atomic E-state index is 1.14. The molecule has 2 aromatic rings. The van der Waals surface area contributed by atoms with Crippen molar-refractivity contribution in [3.8, 4) is 0 Å². The number of allylic oxidation sites excluding steroid dienone is 2. The van der Waals surface area contributed by atoms with E-state index in [1.165, 1.54) is 22.3 Å². The Morgan fingerprint density at radius 1 is 0.889 bits per heavy atom. The number of nitrogens with one attached hydrogen (secondary N) is 1. The number of rotatable bonds is 2. The Kier molecular flexibility index (Phi) is 2.73. The van der Waals surface area contributed by atoms with Crippen molar-refractivity contribution in [1.82, 2.24) is 0 Å². The molecular weight excluding hydrogens is 218 g/mol. The highest BCUT2D eigenvalue weighted by Crippen LogP contribution is 2.30. The van der Waals surface area contributed by atoms with Gasteiger partial charge in [0.05, 0.1) is 0 Å². The molecule has 0 spiro atoms. The molecule has 0 saturated carbocycles. The van der Waals surface area contributed by atoms with Gasteiger partial charge in [-0.15, -0.1) is 0 Å². The van der Waals surface area contributed by atoms with Gasteiger partial charge >= 0.3 is 0 Å². The van der Waals surface area contributed by atoms with Crippen LogP contribution in [0.2, 0.25) is 0 Å². The maximum absolute atomic E-state index is 3.13. The molecule has 0 bridgehead atoms. The predicted octanol–water partition coefficient (Wildman–Crippen LogP) is 4.30. The summed E-state index contributed by atoms with van der Waals surface area (Å²) in [5.74, 6) is 0. The average Bonchev–Trinajstić information content (AvgIpc) is 2.83. The van der Waals surface area contributed by atoms with Crippen molar-refractivity contribution < 1.29 is 0 Å². The second-order valence-corrected chi connectivity index (χ2v) is 4.39. The molecular formula is C17H15N. The van der Waals surface area contributed by atoms with Gasteiger partial charge in [-0.3, -0.25) is 0 Å². The zero-order valence-electron chi connectivity index (χ0n) is 10.4. The SMILES string of the molecule is CNc1ccc(/C=C2\C=Cc3ccccc32)cc1. The zero-order chi connectivity index (χ0) is 12.4. The topological polar surface area (TPSA) is 12.0 Å². The van der Waals surface area contributed by atoms with Gasteiger partial charge in [-0.25, -0.2) is 0 Å². The molecule has 1 heteroatoms. The third-order valence-electron chi connectivity index (χ3n) is 3.24. The van der Waals surface area contributed by atoms with Gasteiger partial charge in [0.15, 0.2) is 0 Å². The number of hydrogen-bond donors (Lipinski definition) is 1. The first kappa shape index (κ1) is 10.8. The summed E-state index contributed by atoms with van der Waals surface area (Å²) in [5, 5.41) is 3.13. The Morgan fingerprint density at radius 2 is 1.67 bits per heavy atom. The van der Waals surface area contributed by atoms with Crippen LogP contribution in [0.3, 0.4) is 0 Å². The predicted molar refractivity (Wildman–Crippen MR) is 79.3 cm³/mol. The molecule has 0 amide bonds. The minimum Gasteiger partial charge on any atom is -0.388 e. The number of anilines is 1. The third kappa shape index (κ3) is 1.95. The van der Waals surface area contributed by atoms with Crippen LogP contribution in [0.5, 0.6) is 0 Å². The van der Waals surface area contributed by atoms with Crippen molar-refractivity contribution in [1.29, 1.82) is 0 Å². The van der Waals surface area contributed by atoms with Crippen molar-refractivity contribution in [3.05, 3.63) is 71.3 Å². The molecule has 1 nitrogen and oxygen atoms in total. The summed E-state index contributed by atoms with van der Waals surface area (Å²) in [4.78, 5) is 0. The van der Waals surface area contributed by atoms with E-state index in [0.717, 1.165) is 5.69 Å². The van der Waals surface area contributed by atoms with Crippen molar-refractivity contribution in [2.24, 2.45) is 0 Å². The van der Waals surface area contributed by atoms with Crippen LogP contribution in [0.25, 0.3) is 17.7 Å². The summed E-state index contributed by atoms with van der Waals surface area (Å²) >= 11 is 0. The minimum absolute atomic E-state index is 1.14. The fourth-order valence-corrected chi connectivity index (χ4v) is 2.23. The van der Waals surface area contributed by atoms with E-state index in [0.29, 0.717) is 0 Å². The molecule has 1 aliphatic rings. The molecule has 0 heterocycles. The highest BCUT2D eigenvalue weighted by atomic mass is 14.8. The lowest BCUT2D eigenvalue weighted by molar-refractivity contribution is 1.50. The van der Waals surface area contributed by atoms with Gasteiger partial charge in [0.25, 0.3) is 0 Å². The molecule has 18 heavy (non-hydrogen) atoms. The fraction of sp³-hybridized carbons (Fsp3) is 0.0588. The maximum Gasteiger partial charge on any atom is 0.0337 e. The summed E-state index contributed by atoms with van der Waals surface area (Å²) in [7, 11) is 1.93. The monoisotopic (exact) mass is 233 g/mol. The molecule has 88 valence electrons. The Morgan fingerprint density at radius 3 is 2.44 bits per heavy atom. The lowest BCUT2D eigenvalue weighted by Crippen LogP contribution is -1.86. The fourth-order valence-electron chi connectivity index (χ4n) is 2.23. The van der Waals surface area contributed by atoms with E-state index in [1.54, 1.807) is 0 Å². The van der Waals surface area contributed by atoms with Crippen molar-refractivity contribution >= 4 is 23.4 Å². The van der Waals surface area contributed by atoms with E-state index >= 15 is 0 Å². The third-order valence-corrected chi connectivity index (χ3v) is 3.24. The van der Waals surface area contributed by atoms with Crippen molar-refractivity contribution in [2.45, 2.75) is 0 Å². The summed E-state index contributed by atoms with van der Waals surface area (Å²) in [6.45, 7) is 0. The zero-order valence-corrected chi connectivity index (χ0v) is 10.4. The molecule has 0 aromatic heterocycles. The Labute approximate surface area is 107 Å². The summed E-state index contributed by atoms with van der Waals surface area (Å²) < 4.78 is 0. The Hall–Kier alpha value is -2.28. The molecule has 0 radical (unpaired) electrons. The first-order valence-electron chi connectivity index (χ1n) is 6.14. The molecule has 0 unspecified atom stereocenters. The van der Waals surface area contributed by atoms with Crippen LogP contribution in [0.4, 0.5) is 5.69 Å². The van der Waals surface area contributed by atoms with Crippen LogP contribution in [-0.4, -0.2) is 7.05 Å². The molecule has 0 atom stereocenters. The first-order valence-corrected chi connectivity index (χ1v) is 6.14. The summed E-state index contributed by atoms with van der Waals surface area (Å²) in [6.07, 6.45) is 6.57. The van der Waals surface area contributed by atoms with E-state index in [4.69, 9.17) is 0 Å². The highest BCUT2D eigenvalue weighted by Gasteiger charge is 2.08. The quantitative estimate of drug-likeness (QED) is 0.815. The van der Waals surface area contributed by atoms with Gasteiger partial charge in [0.2, 0.25) is 0 Å². The largest absolute Gasteiger partial charge is 0.388 e. The normalized spacial score (nSPS) is 14.8. The second kappa shape index (κ2) is 4.53. The maximum atomic E-state index is 3.13. The van der Waals surface area contributed by atoms with Gasteiger partial charge in [0.1, 0.15) is 0 Å². The van der Waals surface area contributed by atoms with E-state index in [1.807, 2.05) is 7.05 Å². The van der Waals surface area contributed by atoms with Crippen molar-refractivity contribution in [3.63, 3.8) is 0 Å². The summed E-state index contributed by atoms with van der Waals surface area (Å²) in [6, 6.07) is 16.9. The van der Waals surface area contributed by atoms with E-state index in [9.17, 15) is 0 Å². The van der Waals surface area contributed by atoms with Crippen LogP contribution >= 0.6 is 0 Å². The lowest BCUT2D eigenvalue weighted by atomic mass is 10.0. The van der Waals surface area contributed by atoms with Gasteiger partial charge in [-0.1, -0.05) is 48.6 Å². The molecule has 2 aromatic carbocycles. The van der Waals surface area contributed by atoms with Crippen molar-refractivity contribution in [2.75, 3.05) is 12.4 Å². The number of benzene rings is 2. The standard InChI is InChI=1S/C17H15N/c1-18-16-10-6-13(7-11-16)12-15-9-8-14-4-2-3-5-17(14)15/h2-12,18H,1H3/b15-12+. The average molecular weight is 233 g/mol. The lowest BCUT2D eigenvalue weighted by Gasteiger charge is -2.03. The van der Waals surface area contributed by atoms with Crippen LogP contribution in [-0.2, 0) is 0 Å². The summed E-state index contributed by atoms with van der Waals surface area (Å²) in [5.41, 5.74) is 6.26. The van der Waals surface area contributed by atoms with Crippen LogP contribution in [0.15, 0.2) is 54.6 Å². The molecule has 1 aliphatic carbocycles. The van der Waals surface area contributed by atoms with Gasteiger partial charge in [-0.2, -0.15) is 0 Å².